The van der Waals surface area contributed by atoms with Crippen LogP contribution in [0.5, 0.6) is 0 Å². The molecule has 2 rings (SSSR count). The molecule has 15 heavy (non-hydrogen) atoms. The fourth-order valence-electron chi connectivity index (χ4n) is 1.83. The third kappa shape index (κ3) is 2.07. The highest BCUT2D eigenvalue weighted by Crippen LogP contribution is 2.35. The Hall–Kier alpha value is -0.830. The van der Waals surface area contributed by atoms with Crippen LogP contribution in [0.2, 0.25) is 5.15 Å². The van der Waals surface area contributed by atoms with E-state index < -0.39 is 0 Å². The Kier molecular flexibility index (Phi) is 2.59. The largest absolute Gasteiger partial charge is 0.365 e. The van der Waals surface area contributed by atoms with Crippen molar-refractivity contribution in [3.05, 3.63) is 16.5 Å². The van der Waals surface area contributed by atoms with E-state index in [0.717, 1.165) is 17.2 Å². The van der Waals surface area contributed by atoms with Crippen molar-refractivity contribution in [2.75, 3.05) is 5.32 Å². The Morgan fingerprint density at radius 2 is 1.93 bits per heavy atom. The van der Waals surface area contributed by atoms with Gasteiger partial charge in [0.2, 0.25) is 0 Å². The minimum atomic E-state index is 0.203. The molecule has 1 aromatic rings. The van der Waals surface area contributed by atoms with Crippen LogP contribution in [-0.4, -0.2) is 15.5 Å². The van der Waals surface area contributed by atoms with Gasteiger partial charge in [0.1, 0.15) is 16.8 Å². The molecule has 0 atom stereocenters. The first-order valence-corrected chi connectivity index (χ1v) is 5.67. The van der Waals surface area contributed by atoms with Crippen molar-refractivity contribution in [2.24, 2.45) is 0 Å². The number of hydrogen-bond acceptors (Lipinski definition) is 3. The maximum Gasteiger partial charge on any atom is 0.137 e. The van der Waals surface area contributed by atoms with E-state index in [1.807, 2.05) is 13.8 Å². The van der Waals surface area contributed by atoms with Crippen molar-refractivity contribution in [3.63, 3.8) is 0 Å². The van der Waals surface area contributed by atoms with Gasteiger partial charge in [0.05, 0.1) is 0 Å². The van der Waals surface area contributed by atoms with E-state index >= 15 is 0 Å². The Morgan fingerprint density at radius 1 is 1.27 bits per heavy atom. The SMILES string of the molecule is Cc1nc(Cl)c(C)c(NC2(C)CCC2)n1. The average Bonchev–Trinajstić information content (AvgIpc) is 2.11. The minimum Gasteiger partial charge on any atom is -0.365 e. The summed E-state index contributed by atoms with van der Waals surface area (Å²) in [4.78, 5) is 8.52. The number of halogens is 1. The van der Waals surface area contributed by atoms with Gasteiger partial charge in [0.15, 0.2) is 0 Å². The molecule has 1 aromatic heterocycles. The molecule has 0 unspecified atom stereocenters. The lowest BCUT2D eigenvalue weighted by atomic mass is 9.78. The zero-order chi connectivity index (χ0) is 11.1. The quantitative estimate of drug-likeness (QED) is 0.786. The lowest BCUT2D eigenvalue weighted by Crippen LogP contribution is -2.42. The molecule has 0 amide bonds. The first-order valence-electron chi connectivity index (χ1n) is 5.29. The van der Waals surface area contributed by atoms with Crippen LogP contribution in [-0.2, 0) is 0 Å². The smallest absolute Gasteiger partial charge is 0.137 e. The van der Waals surface area contributed by atoms with Crippen LogP contribution in [0.25, 0.3) is 0 Å². The molecule has 0 radical (unpaired) electrons. The van der Waals surface area contributed by atoms with Gasteiger partial charge in [-0.2, -0.15) is 0 Å². The number of anilines is 1. The van der Waals surface area contributed by atoms with Crippen molar-refractivity contribution < 1.29 is 0 Å². The third-order valence-corrected chi connectivity index (χ3v) is 3.44. The van der Waals surface area contributed by atoms with E-state index in [1.165, 1.54) is 19.3 Å². The maximum atomic E-state index is 6.02. The Bertz CT molecular complexity index is 386. The molecule has 0 aromatic carbocycles. The van der Waals surface area contributed by atoms with Crippen LogP contribution in [0.4, 0.5) is 5.82 Å². The van der Waals surface area contributed by atoms with E-state index in [0.29, 0.717) is 5.15 Å². The Morgan fingerprint density at radius 3 is 2.47 bits per heavy atom. The van der Waals surface area contributed by atoms with Crippen molar-refractivity contribution in [2.45, 2.75) is 45.6 Å². The van der Waals surface area contributed by atoms with Gasteiger partial charge in [0.25, 0.3) is 0 Å². The fourth-order valence-corrected chi connectivity index (χ4v) is 2.05. The van der Waals surface area contributed by atoms with Gasteiger partial charge in [-0.25, -0.2) is 9.97 Å². The lowest BCUT2D eigenvalue weighted by molar-refractivity contribution is 0.305. The summed E-state index contributed by atoms with van der Waals surface area (Å²) in [6, 6.07) is 0. The van der Waals surface area contributed by atoms with Crippen molar-refractivity contribution in [1.82, 2.24) is 9.97 Å². The Labute approximate surface area is 95.3 Å². The van der Waals surface area contributed by atoms with Gasteiger partial charge in [-0.05, 0) is 40.0 Å². The first kappa shape index (κ1) is 10.7. The molecule has 1 aliphatic rings. The maximum absolute atomic E-state index is 6.02. The predicted molar refractivity (Wildman–Crippen MR) is 62.4 cm³/mol. The van der Waals surface area contributed by atoms with E-state index in [2.05, 4.69) is 22.2 Å². The predicted octanol–water partition coefficient (Wildman–Crippen LogP) is 3.10. The molecule has 82 valence electrons. The van der Waals surface area contributed by atoms with Crippen molar-refractivity contribution in [1.29, 1.82) is 0 Å². The van der Waals surface area contributed by atoms with Crippen LogP contribution in [0, 0.1) is 13.8 Å². The van der Waals surface area contributed by atoms with E-state index in [9.17, 15) is 0 Å². The number of hydrogen-bond donors (Lipinski definition) is 1. The molecular formula is C11H16ClN3. The minimum absolute atomic E-state index is 0.203. The topological polar surface area (TPSA) is 37.8 Å². The molecule has 1 saturated carbocycles. The highest BCUT2D eigenvalue weighted by Gasteiger charge is 2.32. The van der Waals surface area contributed by atoms with E-state index in [-0.39, 0.29) is 5.54 Å². The van der Waals surface area contributed by atoms with Crippen molar-refractivity contribution >= 4 is 17.4 Å². The van der Waals surface area contributed by atoms with Crippen LogP contribution in [0.1, 0.15) is 37.6 Å². The number of aromatic nitrogens is 2. The van der Waals surface area contributed by atoms with Gasteiger partial charge in [-0.3, -0.25) is 0 Å². The molecule has 1 heterocycles. The highest BCUT2D eigenvalue weighted by molar-refractivity contribution is 6.30. The standard InChI is InChI=1S/C11H16ClN3/c1-7-9(12)13-8(2)14-10(7)15-11(3)5-4-6-11/h4-6H2,1-3H3,(H,13,14,15). The number of rotatable bonds is 2. The number of aryl methyl sites for hydroxylation is 1. The van der Waals surface area contributed by atoms with Crippen LogP contribution in [0.3, 0.4) is 0 Å². The second-order valence-electron chi connectivity index (χ2n) is 4.57. The molecule has 1 fully saturated rings. The molecule has 3 nitrogen and oxygen atoms in total. The van der Waals surface area contributed by atoms with Crippen molar-refractivity contribution in [3.8, 4) is 0 Å². The van der Waals surface area contributed by atoms with Gasteiger partial charge in [0, 0.05) is 11.1 Å². The summed E-state index contributed by atoms with van der Waals surface area (Å²) in [6.07, 6.45) is 3.70. The molecule has 1 N–H and O–H groups in total. The van der Waals surface area contributed by atoms with Gasteiger partial charge >= 0.3 is 0 Å². The second kappa shape index (κ2) is 3.63. The third-order valence-electron chi connectivity index (χ3n) is 3.08. The molecular weight excluding hydrogens is 210 g/mol. The normalized spacial score (nSPS) is 18.4. The van der Waals surface area contributed by atoms with Gasteiger partial charge in [-0.15, -0.1) is 0 Å². The van der Waals surface area contributed by atoms with Crippen LogP contribution < -0.4 is 5.32 Å². The molecule has 0 bridgehead atoms. The Balaban J connectivity index is 2.27. The average molecular weight is 226 g/mol. The fraction of sp³-hybridized carbons (Fsp3) is 0.636. The molecule has 4 heteroatoms. The van der Waals surface area contributed by atoms with Gasteiger partial charge < -0.3 is 5.32 Å². The zero-order valence-electron chi connectivity index (χ0n) is 9.39. The van der Waals surface area contributed by atoms with E-state index in [4.69, 9.17) is 11.6 Å². The highest BCUT2D eigenvalue weighted by atomic mass is 35.5. The summed E-state index contributed by atoms with van der Waals surface area (Å²) >= 11 is 6.02. The molecule has 1 aliphatic carbocycles. The monoisotopic (exact) mass is 225 g/mol. The summed E-state index contributed by atoms with van der Waals surface area (Å²) in [6.45, 7) is 6.03. The second-order valence-corrected chi connectivity index (χ2v) is 4.93. The molecule has 0 saturated heterocycles. The number of nitrogens with zero attached hydrogens (tertiary/aromatic N) is 2. The lowest BCUT2D eigenvalue weighted by Gasteiger charge is -2.40. The van der Waals surface area contributed by atoms with Gasteiger partial charge in [-0.1, -0.05) is 11.6 Å². The van der Waals surface area contributed by atoms with Crippen LogP contribution in [0.15, 0.2) is 0 Å². The summed E-state index contributed by atoms with van der Waals surface area (Å²) in [5, 5.41) is 4.02. The summed E-state index contributed by atoms with van der Waals surface area (Å²) < 4.78 is 0. The zero-order valence-corrected chi connectivity index (χ0v) is 10.1. The molecule has 0 aliphatic heterocycles. The number of nitrogens with one attached hydrogen (secondary N) is 1. The van der Waals surface area contributed by atoms with E-state index in [1.54, 1.807) is 0 Å². The molecule has 0 spiro atoms. The summed E-state index contributed by atoms with van der Waals surface area (Å²) in [7, 11) is 0. The summed E-state index contributed by atoms with van der Waals surface area (Å²) in [5.41, 5.74) is 1.14. The summed E-state index contributed by atoms with van der Waals surface area (Å²) in [5.74, 6) is 1.60. The first-order chi connectivity index (χ1) is 7.00. The van der Waals surface area contributed by atoms with Crippen LogP contribution >= 0.6 is 11.6 Å².